The summed E-state index contributed by atoms with van der Waals surface area (Å²) in [4.78, 5) is 0. The van der Waals surface area contributed by atoms with Crippen LogP contribution in [0.1, 0.15) is 25.0 Å². The fraction of sp³-hybridized carbons (Fsp3) is 0.364. The molecule has 0 aliphatic heterocycles. The second kappa shape index (κ2) is 3.92. The highest BCUT2D eigenvalue weighted by Gasteiger charge is 1.96. The van der Waals surface area contributed by atoms with Gasteiger partial charge in [-0.15, -0.1) is 0 Å². The molecule has 0 aliphatic rings. The Kier molecular flexibility index (Phi) is 2.88. The van der Waals surface area contributed by atoms with Gasteiger partial charge in [-0.25, -0.2) is 0 Å². The number of nitriles is 1. The van der Waals surface area contributed by atoms with E-state index in [1.54, 1.807) is 0 Å². The highest BCUT2D eigenvalue weighted by Crippen LogP contribution is 2.08. The van der Waals surface area contributed by atoms with Gasteiger partial charge in [0.05, 0.1) is 11.6 Å². The zero-order valence-corrected chi connectivity index (χ0v) is 7.54. The molecule has 0 spiro atoms. The Morgan fingerprint density at radius 1 is 1.25 bits per heavy atom. The number of nitrogens with zero attached hydrogens (tertiary/aromatic N) is 1. The first-order chi connectivity index (χ1) is 5.72. The quantitative estimate of drug-likeness (QED) is 0.651. The van der Waals surface area contributed by atoms with Crippen molar-refractivity contribution in [3.05, 3.63) is 35.4 Å². The minimum absolute atomic E-state index is 0.679. The van der Waals surface area contributed by atoms with E-state index < -0.39 is 0 Å². The number of benzene rings is 1. The van der Waals surface area contributed by atoms with Gasteiger partial charge in [0, 0.05) is 0 Å². The standard InChI is InChI=1S/C11H13N/c1-9(2)7-10-3-5-11(8-12)6-4-10/h3-6,9H,7H2,1-2H3. The van der Waals surface area contributed by atoms with Crippen molar-refractivity contribution in [2.45, 2.75) is 20.3 Å². The molecule has 0 unspecified atom stereocenters. The predicted octanol–water partition coefficient (Wildman–Crippen LogP) is 2.76. The maximum absolute atomic E-state index is 8.56. The Hall–Kier alpha value is -1.29. The van der Waals surface area contributed by atoms with Crippen molar-refractivity contribution in [3.63, 3.8) is 0 Å². The Labute approximate surface area is 73.6 Å². The molecule has 1 heteroatoms. The molecule has 0 aromatic heterocycles. The lowest BCUT2D eigenvalue weighted by molar-refractivity contribution is 0.647. The second-order valence-corrected chi connectivity index (χ2v) is 3.41. The normalized spacial score (nSPS) is 9.83. The molecular formula is C11H13N. The molecule has 0 amide bonds. The third-order valence-corrected chi connectivity index (χ3v) is 1.73. The van der Waals surface area contributed by atoms with Crippen LogP contribution in [-0.2, 0) is 6.42 Å². The topological polar surface area (TPSA) is 23.8 Å². The molecule has 1 aromatic carbocycles. The maximum atomic E-state index is 8.56. The van der Waals surface area contributed by atoms with Crippen LogP contribution in [0.3, 0.4) is 0 Å². The molecule has 0 N–H and O–H groups in total. The number of hydrogen-bond donors (Lipinski definition) is 0. The third kappa shape index (κ3) is 2.39. The summed E-state index contributed by atoms with van der Waals surface area (Å²) in [6.45, 7) is 4.39. The van der Waals surface area contributed by atoms with Gasteiger partial charge >= 0.3 is 0 Å². The molecule has 1 aromatic rings. The van der Waals surface area contributed by atoms with E-state index in [0.29, 0.717) is 5.92 Å². The van der Waals surface area contributed by atoms with Crippen LogP contribution in [0.4, 0.5) is 0 Å². The lowest BCUT2D eigenvalue weighted by atomic mass is 10.0. The Bertz CT molecular complexity index is 277. The predicted molar refractivity (Wildman–Crippen MR) is 49.7 cm³/mol. The third-order valence-electron chi connectivity index (χ3n) is 1.73. The average molecular weight is 159 g/mol. The van der Waals surface area contributed by atoms with E-state index >= 15 is 0 Å². The maximum Gasteiger partial charge on any atom is 0.0991 e. The van der Waals surface area contributed by atoms with E-state index in [2.05, 4.69) is 19.9 Å². The van der Waals surface area contributed by atoms with Gasteiger partial charge in [-0.2, -0.15) is 5.26 Å². The van der Waals surface area contributed by atoms with Crippen molar-refractivity contribution < 1.29 is 0 Å². The summed E-state index contributed by atoms with van der Waals surface area (Å²) in [7, 11) is 0. The van der Waals surface area contributed by atoms with E-state index in [4.69, 9.17) is 5.26 Å². The lowest BCUT2D eigenvalue weighted by Gasteiger charge is -2.03. The van der Waals surface area contributed by atoms with Crippen molar-refractivity contribution >= 4 is 0 Å². The zero-order chi connectivity index (χ0) is 8.97. The zero-order valence-electron chi connectivity index (χ0n) is 7.54. The highest BCUT2D eigenvalue weighted by molar-refractivity contribution is 5.31. The van der Waals surface area contributed by atoms with Crippen LogP contribution in [0.2, 0.25) is 0 Å². The van der Waals surface area contributed by atoms with Crippen LogP contribution < -0.4 is 0 Å². The van der Waals surface area contributed by atoms with Gasteiger partial charge in [0.2, 0.25) is 0 Å². The summed E-state index contributed by atoms with van der Waals surface area (Å²) in [6, 6.07) is 9.91. The van der Waals surface area contributed by atoms with Gasteiger partial charge in [-0.05, 0) is 30.0 Å². The fourth-order valence-corrected chi connectivity index (χ4v) is 1.19. The Morgan fingerprint density at radius 3 is 2.25 bits per heavy atom. The molecule has 0 saturated carbocycles. The molecule has 0 fully saturated rings. The van der Waals surface area contributed by atoms with E-state index in [-0.39, 0.29) is 0 Å². The van der Waals surface area contributed by atoms with Gasteiger partial charge in [0.25, 0.3) is 0 Å². The first-order valence-electron chi connectivity index (χ1n) is 4.21. The van der Waals surface area contributed by atoms with Gasteiger partial charge in [-0.1, -0.05) is 26.0 Å². The summed E-state index contributed by atoms with van der Waals surface area (Å²) < 4.78 is 0. The number of hydrogen-bond acceptors (Lipinski definition) is 1. The van der Waals surface area contributed by atoms with Crippen LogP contribution in [0, 0.1) is 17.2 Å². The van der Waals surface area contributed by atoms with Gasteiger partial charge in [0.15, 0.2) is 0 Å². The van der Waals surface area contributed by atoms with Crippen molar-refractivity contribution in [2.75, 3.05) is 0 Å². The summed E-state index contributed by atoms with van der Waals surface area (Å²) >= 11 is 0. The summed E-state index contributed by atoms with van der Waals surface area (Å²) in [5, 5.41) is 8.56. The summed E-state index contributed by atoms with van der Waals surface area (Å²) in [5.41, 5.74) is 2.05. The lowest BCUT2D eigenvalue weighted by Crippen LogP contribution is -1.93. The van der Waals surface area contributed by atoms with Gasteiger partial charge in [0.1, 0.15) is 0 Å². The van der Waals surface area contributed by atoms with Crippen LogP contribution in [0.15, 0.2) is 24.3 Å². The number of rotatable bonds is 2. The molecule has 0 aliphatic carbocycles. The summed E-state index contributed by atoms with van der Waals surface area (Å²) in [5.74, 6) is 0.679. The summed E-state index contributed by atoms with van der Waals surface area (Å²) in [6.07, 6.45) is 1.09. The van der Waals surface area contributed by atoms with Crippen LogP contribution >= 0.6 is 0 Å². The van der Waals surface area contributed by atoms with Crippen molar-refractivity contribution in [1.29, 1.82) is 5.26 Å². The highest BCUT2D eigenvalue weighted by atomic mass is 14.2. The van der Waals surface area contributed by atoms with E-state index in [0.717, 1.165) is 12.0 Å². The minimum atomic E-state index is 0.679. The van der Waals surface area contributed by atoms with Crippen molar-refractivity contribution in [3.8, 4) is 6.07 Å². The minimum Gasteiger partial charge on any atom is -0.192 e. The molecule has 0 saturated heterocycles. The molecule has 0 radical (unpaired) electrons. The van der Waals surface area contributed by atoms with Crippen LogP contribution in [0.5, 0.6) is 0 Å². The van der Waals surface area contributed by atoms with E-state index in [9.17, 15) is 0 Å². The molecule has 1 nitrogen and oxygen atoms in total. The monoisotopic (exact) mass is 159 g/mol. The Morgan fingerprint density at radius 2 is 1.83 bits per heavy atom. The molecular weight excluding hydrogens is 146 g/mol. The SMILES string of the molecule is CC(C)Cc1ccc(C#N)cc1. The molecule has 0 bridgehead atoms. The molecule has 0 atom stereocenters. The van der Waals surface area contributed by atoms with Gasteiger partial charge < -0.3 is 0 Å². The van der Waals surface area contributed by atoms with E-state index in [1.807, 2.05) is 24.3 Å². The van der Waals surface area contributed by atoms with Crippen molar-refractivity contribution in [2.24, 2.45) is 5.92 Å². The largest absolute Gasteiger partial charge is 0.192 e. The fourth-order valence-electron chi connectivity index (χ4n) is 1.19. The Balaban J connectivity index is 2.73. The smallest absolute Gasteiger partial charge is 0.0991 e. The average Bonchev–Trinajstić information content (AvgIpc) is 2.05. The first kappa shape index (κ1) is 8.80. The second-order valence-electron chi connectivity index (χ2n) is 3.41. The van der Waals surface area contributed by atoms with Gasteiger partial charge in [-0.3, -0.25) is 0 Å². The van der Waals surface area contributed by atoms with Crippen LogP contribution in [-0.4, -0.2) is 0 Å². The molecule has 12 heavy (non-hydrogen) atoms. The molecule has 0 heterocycles. The van der Waals surface area contributed by atoms with Crippen LogP contribution in [0.25, 0.3) is 0 Å². The van der Waals surface area contributed by atoms with Crippen molar-refractivity contribution in [1.82, 2.24) is 0 Å². The molecule has 1 rings (SSSR count). The first-order valence-corrected chi connectivity index (χ1v) is 4.21. The van der Waals surface area contributed by atoms with E-state index in [1.165, 1.54) is 5.56 Å². The molecule has 62 valence electrons.